The van der Waals surface area contributed by atoms with Crippen LogP contribution in [0, 0.1) is 13.8 Å². The minimum absolute atomic E-state index is 0.991. The van der Waals surface area contributed by atoms with E-state index in [2.05, 4.69) is 87.6 Å². The van der Waals surface area contributed by atoms with E-state index in [1.807, 2.05) is 0 Å². The molecule has 106 valence electrons. The molecule has 0 spiro atoms. The standard InChI is InChI=1S/C16H17Br2NTe/c1-4-19-13-7-5-11(2)9-15(13)20(17,18)16-10-12(3)6-8-14(16)19/h5-10H,4H2,1-3H3. The number of anilines is 2. The molecular weight excluding hydrogens is 494 g/mol. The van der Waals surface area contributed by atoms with E-state index in [1.165, 1.54) is 29.7 Å². The molecule has 0 aliphatic carbocycles. The Hall–Kier alpha value is -0.0104. The van der Waals surface area contributed by atoms with Crippen LogP contribution in [0.2, 0.25) is 0 Å². The number of nitrogens with zero attached hydrogens (tertiary/aromatic N) is 1. The molecule has 0 saturated heterocycles. The number of aryl methyl sites for hydroxylation is 2. The van der Waals surface area contributed by atoms with Gasteiger partial charge in [-0.3, -0.25) is 0 Å². The van der Waals surface area contributed by atoms with Crippen LogP contribution in [-0.4, -0.2) is 20.3 Å². The van der Waals surface area contributed by atoms with Crippen molar-refractivity contribution in [3.8, 4) is 0 Å². The van der Waals surface area contributed by atoms with E-state index in [9.17, 15) is 0 Å². The zero-order chi connectivity index (χ0) is 14.5. The van der Waals surface area contributed by atoms with Gasteiger partial charge in [-0.1, -0.05) is 0 Å². The maximum atomic E-state index is 4.09. The molecule has 1 heterocycles. The Balaban J connectivity index is 2.33. The summed E-state index contributed by atoms with van der Waals surface area (Å²) in [7, 11) is 0. The van der Waals surface area contributed by atoms with Crippen LogP contribution >= 0.6 is 25.5 Å². The molecule has 1 nitrogen and oxygen atoms in total. The van der Waals surface area contributed by atoms with Crippen LogP contribution in [0.4, 0.5) is 11.4 Å². The van der Waals surface area contributed by atoms with Crippen molar-refractivity contribution in [3.63, 3.8) is 0 Å². The molecule has 0 fully saturated rings. The van der Waals surface area contributed by atoms with Crippen LogP contribution in [0.15, 0.2) is 36.4 Å². The number of hydrogen-bond acceptors (Lipinski definition) is 1. The van der Waals surface area contributed by atoms with E-state index in [0.717, 1.165) is 6.54 Å². The van der Waals surface area contributed by atoms with Crippen LogP contribution in [0.3, 0.4) is 0 Å². The van der Waals surface area contributed by atoms with Crippen molar-refractivity contribution in [2.45, 2.75) is 20.8 Å². The van der Waals surface area contributed by atoms with E-state index in [1.54, 1.807) is 0 Å². The van der Waals surface area contributed by atoms with Gasteiger partial charge in [0, 0.05) is 0 Å². The van der Waals surface area contributed by atoms with Crippen molar-refractivity contribution in [3.05, 3.63) is 47.5 Å². The predicted molar refractivity (Wildman–Crippen MR) is 97.9 cm³/mol. The first kappa shape index (κ1) is 14.9. The molecule has 4 heteroatoms. The van der Waals surface area contributed by atoms with Gasteiger partial charge in [-0.25, -0.2) is 0 Å². The average molecular weight is 511 g/mol. The molecule has 20 heavy (non-hydrogen) atoms. The Morgan fingerprint density at radius 3 is 1.75 bits per heavy atom. The molecule has 0 unspecified atom stereocenters. The van der Waals surface area contributed by atoms with Crippen molar-refractivity contribution in [2.75, 3.05) is 11.4 Å². The maximum absolute atomic E-state index is 4.09. The van der Waals surface area contributed by atoms with Crippen LogP contribution in [0.25, 0.3) is 0 Å². The molecule has 2 aromatic carbocycles. The quantitative estimate of drug-likeness (QED) is 0.522. The Morgan fingerprint density at radius 1 is 0.900 bits per heavy atom. The summed E-state index contributed by atoms with van der Waals surface area (Å²) < 4.78 is 2.93. The Morgan fingerprint density at radius 2 is 1.35 bits per heavy atom. The fraction of sp³-hybridized carbons (Fsp3) is 0.250. The monoisotopic (exact) mass is 511 g/mol. The van der Waals surface area contributed by atoms with E-state index >= 15 is 0 Å². The summed E-state index contributed by atoms with van der Waals surface area (Å²) in [6.45, 7) is 7.54. The van der Waals surface area contributed by atoms with Crippen LogP contribution < -0.4 is 12.1 Å². The van der Waals surface area contributed by atoms with Gasteiger partial charge in [0.2, 0.25) is 0 Å². The Kier molecular flexibility index (Phi) is 3.96. The zero-order valence-corrected chi connectivity index (χ0v) is 17.3. The first-order valence-corrected chi connectivity index (χ1v) is 19.4. The van der Waals surface area contributed by atoms with Gasteiger partial charge in [-0.15, -0.1) is 0 Å². The summed E-state index contributed by atoms with van der Waals surface area (Å²) in [6.07, 6.45) is 0. The van der Waals surface area contributed by atoms with E-state index in [4.69, 9.17) is 0 Å². The third-order valence-electron chi connectivity index (χ3n) is 3.68. The molecule has 0 aromatic heterocycles. The Labute approximate surface area is 136 Å². The number of halogens is 2. The number of rotatable bonds is 1. The van der Waals surface area contributed by atoms with Gasteiger partial charge in [-0.2, -0.15) is 0 Å². The molecule has 0 N–H and O–H groups in total. The molecule has 1 aliphatic heterocycles. The average Bonchev–Trinajstić information content (AvgIpc) is 2.41. The van der Waals surface area contributed by atoms with Crippen LogP contribution in [0.5, 0.6) is 0 Å². The van der Waals surface area contributed by atoms with Crippen molar-refractivity contribution >= 4 is 57.9 Å². The predicted octanol–water partition coefficient (Wildman–Crippen LogP) is 4.12. The molecule has 2 aromatic rings. The van der Waals surface area contributed by atoms with Crippen LogP contribution in [-0.2, 0) is 0 Å². The normalized spacial score (nSPS) is 17.4. The third-order valence-corrected chi connectivity index (χ3v) is 18.1. The second-order valence-electron chi connectivity index (χ2n) is 5.16. The van der Waals surface area contributed by atoms with Crippen molar-refractivity contribution in [2.24, 2.45) is 0 Å². The van der Waals surface area contributed by atoms with Crippen molar-refractivity contribution in [1.82, 2.24) is 0 Å². The molecule has 3 rings (SSSR count). The molecule has 0 amide bonds. The summed E-state index contributed by atoms with van der Waals surface area (Å²) in [5.74, 6) is 0. The van der Waals surface area contributed by atoms with Gasteiger partial charge in [-0.05, 0) is 0 Å². The SMILES string of the molecule is CCN1c2ccc(C)cc2[Te](Br)(Br)c2cc(C)ccc21. The van der Waals surface area contributed by atoms with Gasteiger partial charge >= 0.3 is 138 Å². The van der Waals surface area contributed by atoms with Crippen LogP contribution in [0.1, 0.15) is 18.1 Å². The molecule has 0 radical (unpaired) electrons. The van der Waals surface area contributed by atoms with E-state index in [-0.39, 0.29) is 0 Å². The van der Waals surface area contributed by atoms with E-state index in [0.29, 0.717) is 0 Å². The third kappa shape index (κ3) is 2.25. The summed E-state index contributed by atoms with van der Waals surface area (Å²) in [4.78, 5) is 2.43. The molecule has 0 saturated carbocycles. The summed E-state index contributed by atoms with van der Waals surface area (Å²) in [6, 6.07) is 13.6. The fourth-order valence-electron chi connectivity index (χ4n) is 2.69. The van der Waals surface area contributed by atoms with Gasteiger partial charge in [0.05, 0.1) is 0 Å². The van der Waals surface area contributed by atoms with Gasteiger partial charge in [0.1, 0.15) is 0 Å². The second kappa shape index (κ2) is 5.32. The number of fused-ring (bicyclic) bond motifs is 2. The molecule has 1 aliphatic rings. The van der Waals surface area contributed by atoms with Gasteiger partial charge < -0.3 is 0 Å². The number of benzene rings is 2. The topological polar surface area (TPSA) is 3.24 Å². The zero-order valence-electron chi connectivity index (χ0n) is 11.8. The summed E-state index contributed by atoms with van der Waals surface area (Å²) in [5, 5.41) is 0. The van der Waals surface area contributed by atoms with Gasteiger partial charge in [0.25, 0.3) is 0 Å². The van der Waals surface area contributed by atoms with Crippen molar-refractivity contribution in [1.29, 1.82) is 0 Å². The molecular formula is C16H17Br2NTe. The summed E-state index contributed by atoms with van der Waals surface area (Å²) >= 11 is 5.61. The van der Waals surface area contributed by atoms with E-state index < -0.39 is 13.8 Å². The Bertz CT molecular complexity index is 627. The first-order valence-electron chi connectivity index (χ1n) is 6.66. The molecule has 0 bridgehead atoms. The molecule has 0 atom stereocenters. The number of hydrogen-bond donors (Lipinski definition) is 0. The second-order valence-corrected chi connectivity index (χ2v) is 29.2. The summed E-state index contributed by atoms with van der Waals surface area (Å²) in [5.41, 5.74) is 5.35. The fourth-order valence-corrected chi connectivity index (χ4v) is 14.7. The van der Waals surface area contributed by atoms with Gasteiger partial charge in [0.15, 0.2) is 0 Å². The minimum atomic E-state index is -2.58. The van der Waals surface area contributed by atoms with Crippen molar-refractivity contribution < 1.29 is 0 Å². The first-order chi connectivity index (χ1) is 9.45.